The molecule has 4 N–H and O–H groups in total. The number of nitrogens with two attached hydrogens (primary N) is 1. The minimum Gasteiger partial charge on any atom is -0.392 e. The van der Waals surface area contributed by atoms with E-state index in [4.69, 9.17) is 16.0 Å². The zero-order valence-corrected chi connectivity index (χ0v) is 20.0. The lowest BCUT2D eigenvalue weighted by Gasteiger charge is -2.31. The maximum atomic E-state index is 14.7. The van der Waals surface area contributed by atoms with E-state index in [0.717, 1.165) is 55.3 Å². The average molecular weight is 502 g/mol. The SMILES string of the molecule is Cc1cnc(N2CCC(ON=C3CCC(c4cc(F)c(NC(=N)OC(N)=O)cc4F)CC3)CC2)nc1. The van der Waals surface area contributed by atoms with Gasteiger partial charge in [-0.25, -0.2) is 23.5 Å². The Bertz CT molecular complexity index is 1130. The standard InChI is InChI=1S/C24H29F2N7O3/c1-14-12-29-24(30-13-14)33-8-6-17(7-9-33)36-32-16-4-2-15(3-5-16)18-10-20(26)21(11-19(18)25)31-22(27)35-23(28)34/h10-13,15,17H,2-9H2,1H3,(H2,27,31)(H2,28,34). The maximum absolute atomic E-state index is 14.7. The van der Waals surface area contributed by atoms with Gasteiger partial charge in [-0.05, 0) is 55.7 Å². The van der Waals surface area contributed by atoms with E-state index < -0.39 is 23.7 Å². The summed E-state index contributed by atoms with van der Waals surface area (Å²) < 4.78 is 33.5. The number of nitrogens with one attached hydrogen (secondary N) is 2. The Morgan fingerprint density at radius 1 is 1.14 bits per heavy atom. The number of anilines is 2. The van der Waals surface area contributed by atoms with E-state index in [0.29, 0.717) is 25.7 Å². The van der Waals surface area contributed by atoms with Gasteiger partial charge in [0.15, 0.2) is 0 Å². The first-order valence-corrected chi connectivity index (χ1v) is 11.9. The van der Waals surface area contributed by atoms with Crippen molar-refractivity contribution in [2.45, 2.75) is 57.5 Å². The molecule has 1 amide bonds. The fourth-order valence-corrected chi connectivity index (χ4v) is 4.43. The van der Waals surface area contributed by atoms with Gasteiger partial charge in [-0.3, -0.25) is 5.41 Å². The lowest BCUT2D eigenvalue weighted by Crippen LogP contribution is -2.37. The molecule has 2 aromatic rings. The Morgan fingerprint density at radius 2 is 1.81 bits per heavy atom. The summed E-state index contributed by atoms with van der Waals surface area (Å²) in [5, 5.41) is 14.0. The first-order chi connectivity index (χ1) is 17.3. The van der Waals surface area contributed by atoms with E-state index in [9.17, 15) is 13.6 Å². The number of hydrogen-bond donors (Lipinski definition) is 3. The first-order valence-electron chi connectivity index (χ1n) is 11.9. The van der Waals surface area contributed by atoms with Gasteiger partial charge in [-0.2, -0.15) is 0 Å². The van der Waals surface area contributed by atoms with Gasteiger partial charge in [-0.15, -0.1) is 0 Å². The van der Waals surface area contributed by atoms with Gasteiger partial charge in [0.1, 0.15) is 17.7 Å². The number of amides is 1. The highest BCUT2D eigenvalue weighted by Crippen LogP contribution is 2.35. The molecular formula is C24H29F2N7O3. The van der Waals surface area contributed by atoms with Gasteiger partial charge >= 0.3 is 6.09 Å². The highest BCUT2D eigenvalue weighted by atomic mass is 19.1. The zero-order valence-electron chi connectivity index (χ0n) is 20.0. The number of aryl methyl sites for hydroxylation is 1. The summed E-state index contributed by atoms with van der Waals surface area (Å²) in [5.74, 6) is -0.786. The number of carbonyl (C=O) groups excluding carboxylic acids is 1. The summed E-state index contributed by atoms with van der Waals surface area (Å²) in [6.45, 7) is 3.55. The lowest BCUT2D eigenvalue weighted by molar-refractivity contribution is 0.0406. The van der Waals surface area contributed by atoms with Crippen molar-refractivity contribution in [3.8, 4) is 0 Å². The van der Waals surface area contributed by atoms with Crippen molar-refractivity contribution in [3.05, 3.63) is 47.3 Å². The number of hydrogen-bond acceptors (Lipinski definition) is 8. The molecule has 1 aromatic carbocycles. The van der Waals surface area contributed by atoms with Crippen LogP contribution in [0.3, 0.4) is 0 Å². The number of halogens is 2. The molecule has 4 rings (SSSR count). The summed E-state index contributed by atoms with van der Waals surface area (Å²) >= 11 is 0. The third-order valence-electron chi connectivity index (χ3n) is 6.36. The fourth-order valence-electron chi connectivity index (χ4n) is 4.43. The van der Waals surface area contributed by atoms with Crippen molar-refractivity contribution < 1.29 is 23.1 Å². The predicted octanol–water partition coefficient (Wildman–Crippen LogP) is 4.20. The van der Waals surface area contributed by atoms with Crippen LogP contribution >= 0.6 is 0 Å². The molecule has 2 aliphatic rings. The second-order valence-electron chi connectivity index (χ2n) is 9.01. The summed E-state index contributed by atoms with van der Waals surface area (Å²) in [4.78, 5) is 27.4. The molecule has 1 saturated heterocycles. The second-order valence-corrected chi connectivity index (χ2v) is 9.01. The quantitative estimate of drug-likeness (QED) is 0.317. The molecule has 0 atom stereocenters. The number of ether oxygens (including phenoxy) is 1. The van der Waals surface area contributed by atoms with Crippen LogP contribution < -0.4 is 16.0 Å². The van der Waals surface area contributed by atoms with Crippen molar-refractivity contribution in [1.29, 1.82) is 5.41 Å². The molecule has 10 nitrogen and oxygen atoms in total. The first kappa shape index (κ1) is 25.3. The molecule has 1 aromatic heterocycles. The molecule has 0 unspecified atom stereocenters. The number of nitrogens with zero attached hydrogens (tertiary/aromatic N) is 4. The minimum absolute atomic E-state index is 0.0285. The Kier molecular flexibility index (Phi) is 7.91. The van der Waals surface area contributed by atoms with Gasteiger partial charge in [0, 0.05) is 44.4 Å². The number of rotatable bonds is 5. The number of primary amides is 1. The summed E-state index contributed by atoms with van der Waals surface area (Å²) in [6, 6.07) is 1.27. The highest BCUT2D eigenvalue weighted by molar-refractivity contribution is 5.93. The third-order valence-corrected chi connectivity index (χ3v) is 6.36. The smallest absolute Gasteiger partial charge is 0.392 e. The summed E-state index contributed by atoms with van der Waals surface area (Å²) in [5.41, 5.74) is 6.72. The maximum Gasteiger partial charge on any atom is 0.412 e. The van der Waals surface area contributed by atoms with Crippen molar-refractivity contribution >= 4 is 29.5 Å². The van der Waals surface area contributed by atoms with Crippen LogP contribution in [0, 0.1) is 24.0 Å². The normalized spacial score (nSPS) is 18.5. The molecule has 2 heterocycles. The number of piperidine rings is 1. The Morgan fingerprint density at radius 3 is 2.44 bits per heavy atom. The van der Waals surface area contributed by atoms with Crippen LogP contribution in [-0.4, -0.2) is 47.0 Å². The number of aromatic nitrogens is 2. The van der Waals surface area contributed by atoms with Crippen molar-refractivity contribution in [2.24, 2.45) is 10.9 Å². The van der Waals surface area contributed by atoms with Crippen LogP contribution in [0.4, 0.5) is 25.2 Å². The topological polar surface area (TPSA) is 139 Å². The van der Waals surface area contributed by atoms with Crippen molar-refractivity contribution in [3.63, 3.8) is 0 Å². The molecule has 1 aliphatic carbocycles. The zero-order chi connectivity index (χ0) is 25.7. The largest absolute Gasteiger partial charge is 0.412 e. The van der Waals surface area contributed by atoms with E-state index in [1.165, 1.54) is 0 Å². The molecule has 1 aliphatic heterocycles. The van der Waals surface area contributed by atoms with Crippen LogP contribution in [0.1, 0.15) is 55.6 Å². The number of benzene rings is 1. The van der Waals surface area contributed by atoms with Gasteiger partial charge in [0.25, 0.3) is 6.02 Å². The second kappa shape index (κ2) is 11.3. The van der Waals surface area contributed by atoms with Crippen LogP contribution in [0.5, 0.6) is 0 Å². The Balaban J connectivity index is 1.26. The average Bonchev–Trinajstić information content (AvgIpc) is 2.85. The van der Waals surface area contributed by atoms with Crippen LogP contribution in [0.25, 0.3) is 0 Å². The highest BCUT2D eigenvalue weighted by Gasteiger charge is 2.26. The van der Waals surface area contributed by atoms with E-state index >= 15 is 0 Å². The summed E-state index contributed by atoms with van der Waals surface area (Å²) in [7, 11) is 0. The molecule has 0 radical (unpaired) electrons. The van der Waals surface area contributed by atoms with Crippen LogP contribution in [0.2, 0.25) is 0 Å². The summed E-state index contributed by atoms with van der Waals surface area (Å²) in [6.07, 6.45) is 6.59. The lowest BCUT2D eigenvalue weighted by atomic mass is 9.83. The molecule has 192 valence electrons. The minimum atomic E-state index is -1.23. The fraction of sp³-hybridized carbons (Fsp3) is 0.458. The monoisotopic (exact) mass is 501 g/mol. The molecule has 2 fully saturated rings. The molecule has 0 spiro atoms. The van der Waals surface area contributed by atoms with Crippen LogP contribution in [0.15, 0.2) is 29.7 Å². The Hall–Kier alpha value is -3.83. The molecule has 1 saturated carbocycles. The van der Waals surface area contributed by atoms with Gasteiger partial charge in [0.2, 0.25) is 5.95 Å². The number of oxime groups is 1. The Labute approximate surface area is 207 Å². The van der Waals surface area contributed by atoms with Gasteiger partial charge < -0.3 is 25.5 Å². The van der Waals surface area contributed by atoms with E-state index in [-0.39, 0.29) is 23.3 Å². The number of amidine groups is 1. The third kappa shape index (κ3) is 6.43. The van der Waals surface area contributed by atoms with Gasteiger partial charge in [0.05, 0.1) is 11.4 Å². The van der Waals surface area contributed by atoms with Crippen molar-refractivity contribution in [2.75, 3.05) is 23.3 Å². The molecule has 0 bridgehead atoms. The van der Waals surface area contributed by atoms with Crippen molar-refractivity contribution in [1.82, 2.24) is 9.97 Å². The van der Waals surface area contributed by atoms with E-state index in [1.54, 1.807) is 0 Å². The van der Waals surface area contributed by atoms with Gasteiger partial charge in [-0.1, -0.05) is 5.16 Å². The van der Waals surface area contributed by atoms with E-state index in [2.05, 4.69) is 30.1 Å². The molecular weight excluding hydrogens is 472 g/mol. The van der Waals surface area contributed by atoms with Crippen LogP contribution in [-0.2, 0) is 9.57 Å². The molecule has 12 heteroatoms. The predicted molar refractivity (Wildman–Crippen MR) is 130 cm³/mol. The number of carbonyl (C=O) groups is 1. The molecule has 36 heavy (non-hydrogen) atoms. The van der Waals surface area contributed by atoms with E-state index in [1.807, 2.05) is 19.3 Å².